The van der Waals surface area contributed by atoms with Crippen LogP contribution in [0.1, 0.15) is 48.7 Å². The van der Waals surface area contributed by atoms with E-state index in [-0.39, 0.29) is 16.3 Å². The highest BCUT2D eigenvalue weighted by Crippen LogP contribution is 2.38. The lowest BCUT2D eigenvalue weighted by Gasteiger charge is -2.15. The Hall–Kier alpha value is -3.47. The molecule has 0 radical (unpaired) electrons. The molecule has 1 saturated carbocycles. The van der Waals surface area contributed by atoms with Crippen LogP contribution in [-0.4, -0.2) is 29.3 Å². The van der Waals surface area contributed by atoms with Crippen molar-refractivity contribution in [3.8, 4) is 0 Å². The summed E-state index contributed by atoms with van der Waals surface area (Å²) in [4.78, 5) is 24.8. The van der Waals surface area contributed by atoms with Crippen LogP contribution >= 0.6 is 0 Å². The van der Waals surface area contributed by atoms with Gasteiger partial charge >= 0.3 is 0 Å². The molecular weight excluding hydrogens is 434 g/mol. The van der Waals surface area contributed by atoms with E-state index in [9.17, 15) is 18.0 Å². The van der Waals surface area contributed by atoms with Crippen LogP contribution in [-0.2, 0) is 14.8 Å². The number of carbonyl (C=O) groups excluding carboxylic acids is 1. The van der Waals surface area contributed by atoms with E-state index < -0.39 is 22.0 Å². The van der Waals surface area contributed by atoms with Gasteiger partial charge in [0.2, 0.25) is 11.8 Å². The smallest absolute Gasteiger partial charge is 0.267 e. The van der Waals surface area contributed by atoms with Crippen LogP contribution in [0.5, 0.6) is 0 Å². The zero-order chi connectivity index (χ0) is 23.0. The topological polar surface area (TPSA) is 136 Å². The summed E-state index contributed by atoms with van der Waals surface area (Å²) in [7, 11) is -3.89. The molecule has 0 bridgehead atoms. The van der Waals surface area contributed by atoms with Crippen molar-refractivity contribution in [2.75, 3.05) is 10.0 Å². The van der Waals surface area contributed by atoms with Crippen LogP contribution in [0.25, 0.3) is 0 Å². The molecule has 1 unspecified atom stereocenters. The lowest BCUT2D eigenvalue weighted by molar-refractivity contribution is -0.119. The van der Waals surface area contributed by atoms with Crippen LogP contribution in [0.3, 0.4) is 0 Å². The quantitative estimate of drug-likeness (QED) is 0.557. The Morgan fingerprint density at radius 3 is 2.44 bits per heavy atom. The first kappa shape index (κ1) is 21.8. The third-order valence-electron chi connectivity index (χ3n) is 5.40. The zero-order valence-corrected chi connectivity index (χ0v) is 18.6. The number of hydrogen-bond acceptors (Lipinski definition) is 7. The highest BCUT2D eigenvalue weighted by molar-refractivity contribution is 7.92. The number of aromatic nitrogens is 3. The van der Waals surface area contributed by atoms with Gasteiger partial charge in [-0.1, -0.05) is 5.16 Å². The Morgan fingerprint density at radius 1 is 1.16 bits per heavy atom. The summed E-state index contributed by atoms with van der Waals surface area (Å²) in [5.74, 6) is -0.0287. The lowest BCUT2D eigenvalue weighted by Crippen LogP contribution is -2.33. The highest BCUT2D eigenvalue weighted by atomic mass is 32.2. The van der Waals surface area contributed by atoms with Crippen molar-refractivity contribution < 1.29 is 17.7 Å². The van der Waals surface area contributed by atoms with E-state index >= 15 is 0 Å². The largest absolute Gasteiger partial charge is 0.337 e. The molecule has 0 spiro atoms. The van der Waals surface area contributed by atoms with Crippen LogP contribution in [0, 0.1) is 13.8 Å². The standard InChI is InChI=1S/C21H23N5O5S/c1-12-13(2)24-31-21(12)25-32(29,30)17-8-6-16(7-9-17)22-20(28)14(3)26-19(27)11-10-18(23-26)15-4-5-15/h6-11,14-15,25H,4-5H2,1-3H3,(H,22,28). The molecule has 1 amide bonds. The van der Waals surface area contributed by atoms with E-state index in [2.05, 4.69) is 20.3 Å². The Bertz CT molecular complexity index is 1320. The fraction of sp³-hybridized carbons (Fsp3) is 0.333. The van der Waals surface area contributed by atoms with Crippen LogP contribution < -0.4 is 15.6 Å². The van der Waals surface area contributed by atoms with Crippen molar-refractivity contribution in [1.29, 1.82) is 0 Å². The summed E-state index contributed by atoms with van der Waals surface area (Å²) in [5, 5.41) is 10.8. The molecule has 10 nitrogen and oxygen atoms in total. The molecule has 1 fully saturated rings. The van der Waals surface area contributed by atoms with Gasteiger partial charge < -0.3 is 9.84 Å². The van der Waals surface area contributed by atoms with E-state index in [1.54, 1.807) is 26.8 Å². The number of rotatable bonds is 7. The van der Waals surface area contributed by atoms with Gasteiger partial charge in [-0.05, 0) is 63.9 Å². The molecular formula is C21H23N5O5S. The van der Waals surface area contributed by atoms with Gasteiger partial charge in [0, 0.05) is 23.2 Å². The molecule has 168 valence electrons. The Kier molecular flexibility index (Phi) is 5.59. The molecule has 4 rings (SSSR count). The monoisotopic (exact) mass is 457 g/mol. The minimum atomic E-state index is -3.89. The SMILES string of the molecule is Cc1noc(NS(=O)(=O)c2ccc(NC(=O)C(C)n3nc(C4CC4)ccc3=O)cc2)c1C. The second-order valence-corrected chi connectivity index (χ2v) is 9.51. The van der Waals surface area contributed by atoms with Crippen LogP contribution in [0.15, 0.2) is 50.6 Å². The summed E-state index contributed by atoms with van der Waals surface area (Å²) in [6.07, 6.45) is 2.07. The van der Waals surface area contributed by atoms with Gasteiger partial charge in [-0.25, -0.2) is 17.8 Å². The summed E-state index contributed by atoms with van der Waals surface area (Å²) >= 11 is 0. The number of nitrogens with zero attached hydrogens (tertiary/aromatic N) is 3. The molecule has 1 aromatic carbocycles. The molecule has 32 heavy (non-hydrogen) atoms. The summed E-state index contributed by atoms with van der Waals surface area (Å²) in [6, 6.07) is 7.95. The average Bonchev–Trinajstić information content (AvgIpc) is 3.57. The Labute approximate surface area is 184 Å². The van der Waals surface area contributed by atoms with Crippen molar-refractivity contribution in [2.24, 2.45) is 0 Å². The van der Waals surface area contributed by atoms with Gasteiger partial charge in [-0.2, -0.15) is 5.10 Å². The number of sulfonamides is 1. The second-order valence-electron chi connectivity index (χ2n) is 7.83. The molecule has 1 aliphatic rings. The van der Waals surface area contributed by atoms with Gasteiger partial charge in [0.1, 0.15) is 6.04 Å². The lowest BCUT2D eigenvalue weighted by atomic mass is 10.2. The maximum Gasteiger partial charge on any atom is 0.267 e. The number of nitrogens with one attached hydrogen (secondary N) is 2. The van der Waals surface area contributed by atoms with Crippen molar-refractivity contribution in [1.82, 2.24) is 14.9 Å². The van der Waals surface area contributed by atoms with Crippen molar-refractivity contribution >= 4 is 27.5 Å². The molecule has 2 heterocycles. The number of aryl methyl sites for hydroxylation is 1. The highest BCUT2D eigenvalue weighted by Gasteiger charge is 2.27. The molecule has 2 aromatic heterocycles. The first-order chi connectivity index (χ1) is 15.2. The molecule has 1 aliphatic carbocycles. The number of hydrogen-bond donors (Lipinski definition) is 2. The van der Waals surface area contributed by atoms with Crippen LogP contribution in [0.2, 0.25) is 0 Å². The average molecular weight is 458 g/mol. The second kappa shape index (κ2) is 8.23. The van der Waals surface area contributed by atoms with Crippen molar-refractivity contribution in [2.45, 2.75) is 50.5 Å². The third kappa shape index (κ3) is 4.42. The minimum absolute atomic E-state index is 0.00739. The van der Waals surface area contributed by atoms with Crippen LogP contribution in [0.4, 0.5) is 11.6 Å². The molecule has 11 heteroatoms. The van der Waals surface area contributed by atoms with Crippen molar-refractivity contribution in [3.05, 3.63) is 63.7 Å². The van der Waals surface area contributed by atoms with Crippen molar-refractivity contribution in [3.63, 3.8) is 0 Å². The van der Waals surface area contributed by atoms with E-state index in [1.165, 1.54) is 35.0 Å². The summed E-state index contributed by atoms with van der Waals surface area (Å²) < 4.78 is 33.7. The minimum Gasteiger partial charge on any atom is -0.337 e. The fourth-order valence-corrected chi connectivity index (χ4v) is 4.13. The molecule has 0 aliphatic heterocycles. The Balaban J connectivity index is 1.46. The van der Waals surface area contributed by atoms with Gasteiger partial charge in [-0.15, -0.1) is 0 Å². The third-order valence-corrected chi connectivity index (χ3v) is 6.75. The first-order valence-electron chi connectivity index (χ1n) is 10.1. The van der Waals surface area contributed by atoms with E-state index in [4.69, 9.17) is 4.52 Å². The maximum atomic E-state index is 12.7. The van der Waals surface area contributed by atoms with E-state index in [1.807, 2.05) is 0 Å². The molecule has 1 atom stereocenters. The predicted octanol–water partition coefficient (Wildman–Crippen LogP) is 2.73. The van der Waals surface area contributed by atoms with Gasteiger partial charge in [-0.3, -0.25) is 9.59 Å². The molecule has 2 N–H and O–H groups in total. The predicted molar refractivity (Wildman–Crippen MR) is 117 cm³/mol. The van der Waals surface area contributed by atoms with Gasteiger partial charge in [0.15, 0.2) is 0 Å². The number of benzene rings is 1. The zero-order valence-electron chi connectivity index (χ0n) is 17.8. The fourth-order valence-electron chi connectivity index (χ4n) is 3.08. The Morgan fingerprint density at radius 2 is 1.84 bits per heavy atom. The number of carbonyl (C=O) groups is 1. The maximum absolute atomic E-state index is 12.7. The summed E-state index contributed by atoms with van der Waals surface area (Å²) in [5.41, 5.74) is 2.03. The molecule has 3 aromatic rings. The molecule has 0 saturated heterocycles. The van der Waals surface area contributed by atoms with E-state index in [0.29, 0.717) is 22.9 Å². The van der Waals surface area contributed by atoms with Gasteiger partial charge in [0.25, 0.3) is 15.6 Å². The summed E-state index contributed by atoms with van der Waals surface area (Å²) in [6.45, 7) is 5.00. The van der Waals surface area contributed by atoms with Gasteiger partial charge in [0.05, 0.1) is 16.3 Å². The number of amides is 1. The normalized spacial score (nSPS) is 14.7. The van der Waals surface area contributed by atoms with E-state index in [0.717, 1.165) is 18.5 Å². The number of anilines is 2. The first-order valence-corrected chi connectivity index (χ1v) is 11.6.